The first-order chi connectivity index (χ1) is 9.54. The number of nitrogens with two attached hydrogens (primary N) is 1. The number of likely N-dealkylation sites (N-methyl/N-ethyl adjacent to an activating group) is 1. The van der Waals surface area contributed by atoms with E-state index in [1.807, 2.05) is 30.3 Å². The fourth-order valence-electron chi connectivity index (χ4n) is 2.02. The highest BCUT2D eigenvalue weighted by Crippen LogP contribution is 2.06. The molecule has 0 fully saturated rings. The molecule has 2 unspecified atom stereocenters. The second kappa shape index (κ2) is 8.68. The van der Waals surface area contributed by atoms with Gasteiger partial charge in [-0.3, -0.25) is 4.79 Å². The number of hydrogen-bond acceptors (Lipinski definition) is 4. The van der Waals surface area contributed by atoms with Crippen LogP contribution in [0, 0.1) is 0 Å². The molecule has 0 aromatic heterocycles. The van der Waals surface area contributed by atoms with Gasteiger partial charge in [-0.25, -0.2) is 0 Å². The van der Waals surface area contributed by atoms with Gasteiger partial charge in [0.05, 0.1) is 18.8 Å². The molecule has 0 heterocycles. The molecule has 1 aromatic carbocycles. The number of rotatable bonds is 8. The second-order valence-corrected chi connectivity index (χ2v) is 4.96. The fourth-order valence-corrected chi connectivity index (χ4v) is 2.02. The lowest BCUT2D eigenvalue weighted by Gasteiger charge is -2.23. The molecular formula is C15H24N2O3. The fraction of sp³-hybridized carbons (Fsp3) is 0.533. The van der Waals surface area contributed by atoms with E-state index in [9.17, 15) is 9.90 Å². The average molecular weight is 280 g/mol. The second-order valence-electron chi connectivity index (χ2n) is 4.96. The van der Waals surface area contributed by atoms with Gasteiger partial charge in [-0.15, -0.1) is 0 Å². The SMILES string of the molecule is COCC(O)CN(C)C(=O)C(N)CCc1ccccc1. The Labute approximate surface area is 120 Å². The maximum Gasteiger partial charge on any atom is 0.239 e. The third-order valence-corrected chi connectivity index (χ3v) is 3.12. The molecule has 0 bridgehead atoms. The minimum atomic E-state index is -0.685. The van der Waals surface area contributed by atoms with Gasteiger partial charge in [0.2, 0.25) is 5.91 Å². The summed E-state index contributed by atoms with van der Waals surface area (Å²) in [7, 11) is 3.15. The largest absolute Gasteiger partial charge is 0.389 e. The summed E-state index contributed by atoms with van der Waals surface area (Å²) in [6.07, 6.45) is 0.672. The lowest BCUT2D eigenvalue weighted by molar-refractivity contribution is -0.133. The van der Waals surface area contributed by atoms with E-state index < -0.39 is 12.1 Å². The van der Waals surface area contributed by atoms with E-state index in [1.165, 1.54) is 12.0 Å². The minimum absolute atomic E-state index is 0.156. The summed E-state index contributed by atoms with van der Waals surface area (Å²) in [5, 5.41) is 9.60. The normalized spacial score (nSPS) is 13.8. The molecular weight excluding hydrogens is 256 g/mol. The highest BCUT2D eigenvalue weighted by molar-refractivity contribution is 5.81. The van der Waals surface area contributed by atoms with Gasteiger partial charge in [-0.1, -0.05) is 30.3 Å². The quantitative estimate of drug-likeness (QED) is 0.723. The Balaban J connectivity index is 2.38. The summed E-state index contributed by atoms with van der Waals surface area (Å²) in [4.78, 5) is 13.5. The number of ether oxygens (including phenoxy) is 1. The highest BCUT2D eigenvalue weighted by atomic mass is 16.5. The number of methoxy groups -OCH3 is 1. The number of nitrogens with zero attached hydrogens (tertiary/aromatic N) is 1. The number of benzene rings is 1. The van der Waals surface area contributed by atoms with Crippen LogP contribution in [0.5, 0.6) is 0 Å². The molecule has 20 heavy (non-hydrogen) atoms. The molecule has 0 aliphatic carbocycles. The van der Waals surface area contributed by atoms with Crippen LogP contribution in [0.4, 0.5) is 0 Å². The Morgan fingerprint density at radius 2 is 2.05 bits per heavy atom. The first kappa shape index (κ1) is 16.6. The topological polar surface area (TPSA) is 75.8 Å². The van der Waals surface area contributed by atoms with Gasteiger partial charge in [0.25, 0.3) is 0 Å². The van der Waals surface area contributed by atoms with Gasteiger partial charge < -0.3 is 20.5 Å². The number of aryl methyl sites for hydroxylation is 1. The molecule has 2 atom stereocenters. The van der Waals surface area contributed by atoms with E-state index in [2.05, 4.69) is 0 Å². The summed E-state index contributed by atoms with van der Waals surface area (Å²) in [6.45, 7) is 0.433. The van der Waals surface area contributed by atoms with Crippen molar-refractivity contribution in [2.24, 2.45) is 5.73 Å². The number of carbonyl (C=O) groups is 1. The standard InChI is InChI=1S/C15H24N2O3/c1-17(10-13(18)11-20-2)15(19)14(16)9-8-12-6-4-3-5-7-12/h3-7,13-14,18H,8-11,16H2,1-2H3. The molecule has 5 nitrogen and oxygen atoms in total. The first-order valence-corrected chi connectivity index (χ1v) is 6.76. The smallest absolute Gasteiger partial charge is 0.239 e. The molecule has 0 radical (unpaired) electrons. The molecule has 5 heteroatoms. The van der Waals surface area contributed by atoms with E-state index in [4.69, 9.17) is 10.5 Å². The highest BCUT2D eigenvalue weighted by Gasteiger charge is 2.19. The van der Waals surface area contributed by atoms with Crippen LogP contribution >= 0.6 is 0 Å². The Morgan fingerprint density at radius 1 is 1.40 bits per heavy atom. The molecule has 0 aliphatic rings. The van der Waals surface area contributed by atoms with Gasteiger partial charge in [0.1, 0.15) is 0 Å². The van der Waals surface area contributed by atoms with Gasteiger partial charge in [-0.2, -0.15) is 0 Å². The summed E-state index contributed by atoms with van der Waals surface area (Å²) in [5.74, 6) is -0.156. The van der Waals surface area contributed by atoms with E-state index >= 15 is 0 Å². The van der Waals surface area contributed by atoms with Crippen LogP contribution < -0.4 is 5.73 Å². The summed E-state index contributed by atoms with van der Waals surface area (Å²) >= 11 is 0. The van der Waals surface area contributed by atoms with Crippen LogP contribution in [0.2, 0.25) is 0 Å². The van der Waals surface area contributed by atoms with E-state index in [1.54, 1.807) is 7.05 Å². The Hall–Kier alpha value is -1.43. The predicted molar refractivity (Wildman–Crippen MR) is 78.3 cm³/mol. The molecule has 1 aromatic rings. The van der Waals surface area contributed by atoms with Crippen molar-refractivity contribution < 1.29 is 14.6 Å². The number of aliphatic hydroxyl groups excluding tert-OH is 1. The van der Waals surface area contributed by atoms with E-state index in [0.29, 0.717) is 6.42 Å². The van der Waals surface area contributed by atoms with Gasteiger partial charge in [0.15, 0.2) is 0 Å². The molecule has 1 amide bonds. The van der Waals surface area contributed by atoms with Crippen molar-refractivity contribution in [3.05, 3.63) is 35.9 Å². The van der Waals surface area contributed by atoms with Crippen molar-refractivity contribution in [3.63, 3.8) is 0 Å². The summed E-state index contributed by atoms with van der Waals surface area (Å²) < 4.78 is 4.83. The van der Waals surface area contributed by atoms with Crippen LogP contribution in [0.25, 0.3) is 0 Å². The van der Waals surface area contributed by atoms with Crippen molar-refractivity contribution in [1.29, 1.82) is 0 Å². The Kier molecular flexibility index (Phi) is 7.22. The monoisotopic (exact) mass is 280 g/mol. The molecule has 0 aliphatic heterocycles. The van der Waals surface area contributed by atoms with Crippen molar-refractivity contribution in [3.8, 4) is 0 Å². The van der Waals surface area contributed by atoms with Crippen molar-refractivity contribution in [2.45, 2.75) is 25.0 Å². The number of hydrogen-bond donors (Lipinski definition) is 2. The van der Waals surface area contributed by atoms with Crippen molar-refractivity contribution in [2.75, 3.05) is 27.3 Å². The zero-order valence-corrected chi connectivity index (χ0v) is 12.2. The predicted octanol–water partition coefficient (Wildman–Crippen LogP) is 0.412. The number of carbonyl (C=O) groups excluding carboxylic acids is 1. The van der Waals surface area contributed by atoms with Crippen LogP contribution in [-0.2, 0) is 16.0 Å². The zero-order chi connectivity index (χ0) is 15.0. The molecule has 112 valence electrons. The van der Waals surface area contributed by atoms with Crippen LogP contribution in [0.15, 0.2) is 30.3 Å². The average Bonchev–Trinajstić information content (AvgIpc) is 2.45. The third kappa shape index (κ3) is 5.69. The van der Waals surface area contributed by atoms with Crippen LogP contribution in [-0.4, -0.2) is 55.4 Å². The van der Waals surface area contributed by atoms with Gasteiger partial charge >= 0.3 is 0 Å². The van der Waals surface area contributed by atoms with E-state index in [-0.39, 0.29) is 19.1 Å². The lowest BCUT2D eigenvalue weighted by atomic mass is 10.0. The molecule has 1 rings (SSSR count). The third-order valence-electron chi connectivity index (χ3n) is 3.12. The summed E-state index contributed by atoms with van der Waals surface area (Å²) in [5.41, 5.74) is 7.08. The Morgan fingerprint density at radius 3 is 2.65 bits per heavy atom. The number of amides is 1. The molecule has 0 saturated heterocycles. The van der Waals surface area contributed by atoms with Gasteiger partial charge in [0, 0.05) is 20.7 Å². The number of aliphatic hydroxyl groups is 1. The van der Waals surface area contributed by atoms with E-state index in [0.717, 1.165) is 12.0 Å². The zero-order valence-electron chi connectivity index (χ0n) is 12.2. The molecule has 0 spiro atoms. The summed E-state index contributed by atoms with van der Waals surface area (Å²) in [6, 6.07) is 9.38. The van der Waals surface area contributed by atoms with Crippen LogP contribution in [0.3, 0.4) is 0 Å². The van der Waals surface area contributed by atoms with Crippen molar-refractivity contribution in [1.82, 2.24) is 4.90 Å². The molecule has 3 N–H and O–H groups in total. The first-order valence-electron chi connectivity index (χ1n) is 6.76. The van der Waals surface area contributed by atoms with Crippen LogP contribution in [0.1, 0.15) is 12.0 Å². The minimum Gasteiger partial charge on any atom is -0.389 e. The lowest BCUT2D eigenvalue weighted by Crippen LogP contribution is -2.45. The maximum atomic E-state index is 12.1. The van der Waals surface area contributed by atoms with Gasteiger partial charge in [-0.05, 0) is 18.4 Å². The van der Waals surface area contributed by atoms with Crippen molar-refractivity contribution >= 4 is 5.91 Å². The maximum absolute atomic E-state index is 12.1. The Bertz CT molecular complexity index is 397. The molecule has 0 saturated carbocycles.